The number of fused-ring (bicyclic) bond motifs is 1. The molecule has 1 heterocycles. The first-order chi connectivity index (χ1) is 14.6. The Balaban J connectivity index is 1.47. The van der Waals surface area contributed by atoms with Crippen molar-refractivity contribution in [2.45, 2.75) is 19.5 Å². The van der Waals surface area contributed by atoms with E-state index in [2.05, 4.69) is 15.6 Å². The Morgan fingerprint density at radius 3 is 2.47 bits per heavy atom. The van der Waals surface area contributed by atoms with Crippen LogP contribution in [0.3, 0.4) is 0 Å². The van der Waals surface area contributed by atoms with Crippen LogP contribution >= 0.6 is 0 Å². The normalized spacial score (nSPS) is 11.8. The maximum atomic E-state index is 12.8. The number of rotatable bonds is 6. The molecule has 0 unspecified atom stereocenters. The van der Waals surface area contributed by atoms with Crippen molar-refractivity contribution in [2.75, 3.05) is 5.32 Å². The summed E-state index contributed by atoms with van der Waals surface area (Å²) in [6, 6.07) is 24.2. The molecule has 1 aromatic heterocycles. The Kier molecular flexibility index (Phi) is 5.57. The number of aromatic nitrogens is 2. The van der Waals surface area contributed by atoms with E-state index in [1.807, 2.05) is 61.5 Å². The third kappa shape index (κ3) is 4.22. The molecule has 30 heavy (non-hydrogen) atoms. The van der Waals surface area contributed by atoms with E-state index in [1.54, 1.807) is 35.2 Å². The number of benzene rings is 3. The topological polar surface area (TPSA) is 76.0 Å². The molecule has 1 atom stereocenters. The molecule has 0 aliphatic rings. The molecule has 0 spiro atoms. The predicted octanol–water partition coefficient (Wildman–Crippen LogP) is 4.17. The SMILES string of the molecule is C[C@@H](NC(=O)c1ccccc1NC(=O)Cn1cnc2ccccc21)c1ccccc1. The van der Waals surface area contributed by atoms with Crippen LogP contribution in [-0.4, -0.2) is 21.4 Å². The standard InChI is InChI=1S/C24H22N4O2/c1-17(18-9-3-2-4-10-18)26-24(30)19-11-5-6-12-20(19)27-23(29)15-28-16-25-21-13-7-8-14-22(21)28/h2-14,16-17H,15H2,1H3,(H,26,30)(H,27,29)/t17-/m1/s1. The average Bonchev–Trinajstić information content (AvgIpc) is 3.17. The van der Waals surface area contributed by atoms with Gasteiger partial charge < -0.3 is 15.2 Å². The van der Waals surface area contributed by atoms with E-state index in [9.17, 15) is 9.59 Å². The average molecular weight is 398 g/mol. The van der Waals surface area contributed by atoms with Gasteiger partial charge >= 0.3 is 0 Å². The Morgan fingerprint density at radius 1 is 0.933 bits per heavy atom. The molecule has 0 aliphatic carbocycles. The predicted molar refractivity (Wildman–Crippen MR) is 117 cm³/mol. The summed E-state index contributed by atoms with van der Waals surface area (Å²) in [4.78, 5) is 29.8. The lowest BCUT2D eigenvalue weighted by atomic mass is 10.1. The molecule has 0 bridgehead atoms. The van der Waals surface area contributed by atoms with Gasteiger partial charge in [-0.05, 0) is 36.8 Å². The molecule has 2 amide bonds. The van der Waals surface area contributed by atoms with E-state index in [4.69, 9.17) is 0 Å². The largest absolute Gasteiger partial charge is 0.345 e. The molecule has 150 valence electrons. The molecule has 0 aliphatic heterocycles. The second-order valence-corrected chi connectivity index (χ2v) is 7.06. The number of amides is 2. The molecule has 0 radical (unpaired) electrons. The number of para-hydroxylation sites is 3. The molecule has 3 aromatic carbocycles. The molecule has 0 saturated carbocycles. The monoisotopic (exact) mass is 398 g/mol. The second-order valence-electron chi connectivity index (χ2n) is 7.06. The lowest BCUT2D eigenvalue weighted by Crippen LogP contribution is -2.28. The maximum absolute atomic E-state index is 12.8. The molecule has 2 N–H and O–H groups in total. The van der Waals surface area contributed by atoms with Crippen LogP contribution in [0.25, 0.3) is 11.0 Å². The number of nitrogens with one attached hydrogen (secondary N) is 2. The summed E-state index contributed by atoms with van der Waals surface area (Å²) >= 11 is 0. The number of carbonyl (C=O) groups is 2. The van der Waals surface area contributed by atoms with Crippen molar-refractivity contribution in [2.24, 2.45) is 0 Å². The molecule has 4 rings (SSSR count). The van der Waals surface area contributed by atoms with Gasteiger partial charge in [0, 0.05) is 0 Å². The Morgan fingerprint density at radius 2 is 1.63 bits per heavy atom. The van der Waals surface area contributed by atoms with Crippen LogP contribution in [0.2, 0.25) is 0 Å². The van der Waals surface area contributed by atoms with Gasteiger partial charge in [0.2, 0.25) is 5.91 Å². The molecule has 6 heteroatoms. The van der Waals surface area contributed by atoms with Gasteiger partial charge in [0.1, 0.15) is 6.54 Å². The molecule has 6 nitrogen and oxygen atoms in total. The minimum absolute atomic E-state index is 0.108. The molecule has 0 fully saturated rings. The van der Waals surface area contributed by atoms with E-state index < -0.39 is 0 Å². The fraction of sp³-hybridized carbons (Fsp3) is 0.125. The number of imidazole rings is 1. The van der Waals surface area contributed by atoms with Crippen molar-refractivity contribution in [1.29, 1.82) is 0 Å². The van der Waals surface area contributed by atoms with Gasteiger partial charge in [-0.2, -0.15) is 0 Å². The third-order valence-corrected chi connectivity index (χ3v) is 4.93. The van der Waals surface area contributed by atoms with Crippen molar-refractivity contribution in [3.8, 4) is 0 Å². The van der Waals surface area contributed by atoms with Gasteiger partial charge in [-0.3, -0.25) is 9.59 Å². The van der Waals surface area contributed by atoms with Crippen LogP contribution in [0.1, 0.15) is 28.9 Å². The van der Waals surface area contributed by atoms with Gasteiger partial charge in [0.05, 0.1) is 34.7 Å². The van der Waals surface area contributed by atoms with E-state index in [0.29, 0.717) is 11.3 Å². The summed E-state index contributed by atoms with van der Waals surface area (Å²) in [5.74, 6) is -0.468. The zero-order chi connectivity index (χ0) is 20.9. The highest BCUT2D eigenvalue weighted by Crippen LogP contribution is 2.18. The minimum atomic E-state index is -0.240. The highest BCUT2D eigenvalue weighted by molar-refractivity contribution is 6.04. The summed E-state index contributed by atoms with van der Waals surface area (Å²) in [7, 11) is 0. The van der Waals surface area contributed by atoms with Gasteiger partial charge in [-0.25, -0.2) is 4.98 Å². The summed E-state index contributed by atoms with van der Waals surface area (Å²) in [5, 5.41) is 5.85. The van der Waals surface area contributed by atoms with Crippen molar-refractivity contribution < 1.29 is 9.59 Å². The van der Waals surface area contributed by atoms with Gasteiger partial charge in [0.25, 0.3) is 5.91 Å². The highest BCUT2D eigenvalue weighted by Gasteiger charge is 2.16. The summed E-state index contributed by atoms with van der Waals surface area (Å²) in [6.07, 6.45) is 1.64. The van der Waals surface area contributed by atoms with E-state index in [-0.39, 0.29) is 24.4 Å². The maximum Gasteiger partial charge on any atom is 0.253 e. The van der Waals surface area contributed by atoms with Crippen LogP contribution in [0.5, 0.6) is 0 Å². The quantitative estimate of drug-likeness (QED) is 0.512. The Bertz CT molecular complexity index is 1180. The van der Waals surface area contributed by atoms with Crippen LogP contribution in [0, 0.1) is 0 Å². The first-order valence-corrected chi connectivity index (χ1v) is 9.76. The molecular weight excluding hydrogens is 376 g/mol. The van der Waals surface area contributed by atoms with Crippen LogP contribution < -0.4 is 10.6 Å². The Hall–Kier alpha value is -3.93. The lowest BCUT2D eigenvalue weighted by Gasteiger charge is -2.16. The Labute approximate surface area is 174 Å². The smallest absolute Gasteiger partial charge is 0.253 e. The van der Waals surface area contributed by atoms with Crippen LogP contribution in [0.4, 0.5) is 5.69 Å². The molecule has 4 aromatic rings. The first kappa shape index (κ1) is 19.4. The fourth-order valence-electron chi connectivity index (χ4n) is 3.37. The van der Waals surface area contributed by atoms with Crippen molar-refractivity contribution in [3.63, 3.8) is 0 Å². The van der Waals surface area contributed by atoms with Gasteiger partial charge in [-0.1, -0.05) is 54.6 Å². The van der Waals surface area contributed by atoms with E-state index in [0.717, 1.165) is 16.6 Å². The summed E-state index contributed by atoms with van der Waals surface area (Å²) < 4.78 is 1.78. The highest BCUT2D eigenvalue weighted by atomic mass is 16.2. The minimum Gasteiger partial charge on any atom is -0.345 e. The van der Waals surface area contributed by atoms with Crippen molar-refractivity contribution in [3.05, 3.63) is 96.3 Å². The number of anilines is 1. The third-order valence-electron chi connectivity index (χ3n) is 4.93. The van der Waals surface area contributed by atoms with Gasteiger partial charge in [-0.15, -0.1) is 0 Å². The summed E-state index contributed by atoms with van der Waals surface area (Å²) in [5.41, 5.74) is 3.63. The number of hydrogen-bond acceptors (Lipinski definition) is 3. The number of carbonyl (C=O) groups excluding carboxylic acids is 2. The van der Waals surface area contributed by atoms with E-state index >= 15 is 0 Å². The van der Waals surface area contributed by atoms with Crippen molar-refractivity contribution >= 4 is 28.5 Å². The zero-order valence-electron chi connectivity index (χ0n) is 16.6. The fourth-order valence-corrected chi connectivity index (χ4v) is 3.37. The van der Waals surface area contributed by atoms with E-state index in [1.165, 1.54) is 0 Å². The lowest BCUT2D eigenvalue weighted by molar-refractivity contribution is -0.116. The van der Waals surface area contributed by atoms with Crippen LogP contribution in [0.15, 0.2) is 85.2 Å². The zero-order valence-corrected chi connectivity index (χ0v) is 16.6. The first-order valence-electron chi connectivity index (χ1n) is 9.76. The number of hydrogen-bond donors (Lipinski definition) is 2. The molecule has 0 saturated heterocycles. The molecular formula is C24H22N4O2. The van der Waals surface area contributed by atoms with Crippen LogP contribution in [-0.2, 0) is 11.3 Å². The second kappa shape index (κ2) is 8.61. The number of nitrogens with zero attached hydrogens (tertiary/aromatic N) is 2. The van der Waals surface area contributed by atoms with Gasteiger partial charge in [0.15, 0.2) is 0 Å². The van der Waals surface area contributed by atoms with Crippen molar-refractivity contribution in [1.82, 2.24) is 14.9 Å². The summed E-state index contributed by atoms with van der Waals surface area (Å²) in [6.45, 7) is 2.04.